The number of hydrogen-bond acceptors (Lipinski definition) is 4. The Hall–Kier alpha value is -1.41. The van der Waals surface area contributed by atoms with Gasteiger partial charge in [-0.2, -0.15) is 0 Å². The second kappa shape index (κ2) is 9.39. The summed E-state index contributed by atoms with van der Waals surface area (Å²) in [5.74, 6) is -0.0715. The lowest BCUT2D eigenvalue weighted by Crippen LogP contribution is -2.38. The van der Waals surface area contributed by atoms with Gasteiger partial charge in [0, 0.05) is 18.0 Å². The van der Waals surface area contributed by atoms with Crippen LogP contribution in [0, 0.1) is 18.7 Å². The molecule has 0 aromatic heterocycles. The highest BCUT2D eigenvalue weighted by molar-refractivity contribution is 7.98. The maximum atomic E-state index is 13.4. The molecule has 1 aliphatic heterocycles. The Kier molecular flexibility index (Phi) is 7.15. The Bertz CT molecular complexity index is 910. The van der Waals surface area contributed by atoms with E-state index in [1.54, 1.807) is 18.7 Å². The van der Waals surface area contributed by atoms with Gasteiger partial charge < -0.3 is 0 Å². The summed E-state index contributed by atoms with van der Waals surface area (Å²) >= 11 is 1.77. The van der Waals surface area contributed by atoms with Gasteiger partial charge in [0.05, 0.1) is 4.90 Å². The lowest BCUT2D eigenvalue weighted by atomic mass is 9.97. The van der Waals surface area contributed by atoms with E-state index in [0.29, 0.717) is 18.0 Å². The van der Waals surface area contributed by atoms with Crippen molar-refractivity contribution in [3.63, 3.8) is 0 Å². The van der Waals surface area contributed by atoms with Gasteiger partial charge in [0.25, 0.3) is 0 Å². The lowest BCUT2D eigenvalue weighted by Gasteiger charge is -2.32. The number of nitrogens with one attached hydrogen (secondary N) is 1. The Morgan fingerprint density at radius 3 is 2.57 bits per heavy atom. The molecule has 0 bridgehead atoms. The second-order valence-corrected chi connectivity index (χ2v) is 9.91. The molecule has 0 amide bonds. The van der Waals surface area contributed by atoms with Crippen molar-refractivity contribution in [1.29, 1.82) is 0 Å². The van der Waals surface area contributed by atoms with E-state index in [-0.39, 0.29) is 4.90 Å². The van der Waals surface area contributed by atoms with Crippen molar-refractivity contribution < 1.29 is 12.8 Å². The number of thioether (sulfide) groups is 1. The van der Waals surface area contributed by atoms with Crippen molar-refractivity contribution in [3.8, 4) is 0 Å². The summed E-state index contributed by atoms with van der Waals surface area (Å²) in [6, 6.07) is 12.4. The zero-order valence-corrected chi connectivity index (χ0v) is 18.0. The van der Waals surface area contributed by atoms with E-state index in [2.05, 4.69) is 40.1 Å². The maximum Gasteiger partial charge on any atom is 0.240 e. The SMILES string of the molecule is CSc1ccccc1CN1CCC(CNS(=O)(=O)c2ccc(F)c(C)c2)CC1. The summed E-state index contributed by atoms with van der Waals surface area (Å²) < 4.78 is 41.0. The molecular formula is C21H27FN2O2S2. The van der Waals surface area contributed by atoms with Crippen LogP contribution in [-0.4, -0.2) is 39.2 Å². The molecule has 7 heteroatoms. The van der Waals surface area contributed by atoms with Gasteiger partial charge in [-0.15, -0.1) is 11.8 Å². The van der Waals surface area contributed by atoms with E-state index in [9.17, 15) is 12.8 Å². The van der Waals surface area contributed by atoms with Gasteiger partial charge >= 0.3 is 0 Å². The molecular weight excluding hydrogens is 395 g/mol. The zero-order chi connectivity index (χ0) is 20.1. The first-order valence-electron chi connectivity index (χ1n) is 9.49. The molecule has 1 saturated heterocycles. The van der Waals surface area contributed by atoms with Crippen molar-refractivity contribution in [2.45, 2.75) is 36.1 Å². The van der Waals surface area contributed by atoms with E-state index in [1.807, 2.05) is 0 Å². The van der Waals surface area contributed by atoms with Crippen LogP contribution in [0.3, 0.4) is 0 Å². The normalized spacial score (nSPS) is 16.4. The zero-order valence-electron chi connectivity index (χ0n) is 16.3. The first-order chi connectivity index (χ1) is 13.4. The Labute approximate surface area is 171 Å². The number of sulfonamides is 1. The minimum absolute atomic E-state index is 0.123. The van der Waals surface area contributed by atoms with Crippen LogP contribution in [0.4, 0.5) is 4.39 Å². The van der Waals surface area contributed by atoms with Gasteiger partial charge in [0.1, 0.15) is 5.82 Å². The van der Waals surface area contributed by atoms with Crippen LogP contribution in [0.2, 0.25) is 0 Å². The molecule has 152 valence electrons. The van der Waals surface area contributed by atoms with Gasteiger partial charge in [-0.1, -0.05) is 18.2 Å². The number of piperidine rings is 1. The van der Waals surface area contributed by atoms with E-state index in [4.69, 9.17) is 0 Å². The highest BCUT2D eigenvalue weighted by Gasteiger charge is 2.22. The molecule has 1 fully saturated rings. The number of halogens is 1. The Morgan fingerprint density at radius 1 is 1.18 bits per heavy atom. The van der Waals surface area contributed by atoms with Crippen LogP contribution in [0.5, 0.6) is 0 Å². The molecule has 0 unspecified atom stereocenters. The monoisotopic (exact) mass is 422 g/mol. The van der Waals surface area contributed by atoms with Crippen LogP contribution in [0.25, 0.3) is 0 Å². The second-order valence-electron chi connectivity index (χ2n) is 7.29. The summed E-state index contributed by atoms with van der Waals surface area (Å²) in [7, 11) is -3.60. The van der Waals surface area contributed by atoms with Crippen molar-refractivity contribution in [1.82, 2.24) is 9.62 Å². The third-order valence-corrected chi connectivity index (χ3v) is 7.55. The molecule has 0 radical (unpaired) electrons. The topological polar surface area (TPSA) is 49.4 Å². The first kappa shape index (κ1) is 21.3. The average molecular weight is 423 g/mol. The number of hydrogen-bond donors (Lipinski definition) is 1. The molecule has 2 aromatic rings. The van der Waals surface area contributed by atoms with Crippen molar-refractivity contribution >= 4 is 21.8 Å². The molecule has 1 N–H and O–H groups in total. The van der Waals surface area contributed by atoms with Gasteiger partial charge in [-0.3, -0.25) is 4.90 Å². The third kappa shape index (κ3) is 5.35. The lowest BCUT2D eigenvalue weighted by molar-refractivity contribution is 0.177. The van der Waals surface area contributed by atoms with Crippen molar-refractivity contribution in [2.75, 3.05) is 25.9 Å². The minimum atomic E-state index is -3.60. The fourth-order valence-electron chi connectivity index (χ4n) is 3.52. The average Bonchev–Trinajstić information content (AvgIpc) is 2.70. The van der Waals surface area contributed by atoms with Crippen LogP contribution in [0.1, 0.15) is 24.0 Å². The number of likely N-dealkylation sites (tertiary alicyclic amines) is 1. The van der Waals surface area contributed by atoms with E-state index < -0.39 is 15.8 Å². The summed E-state index contributed by atoms with van der Waals surface area (Å²) in [5.41, 5.74) is 1.68. The summed E-state index contributed by atoms with van der Waals surface area (Å²) in [6.07, 6.45) is 4.03. The molecule has 0 spiro atoms. The van der Waals surface area contributed by atoms with Gasteiger partial charge in [-0.25, -0.2) is 17.5 Å². The summed E-state index contributed by atoms with van der Waals surface area (Å²) in [5, 5.41) is 0. The molecule has 0 atom stereocenters. The Balaban J connectivity index is 1.51. The standard InChI is InChI=1S/C21H27FN2O2S2/c1-16-13-19(7-8-20(16)22)28(25,26)23-14-17-9-11-24(12-10-17)15-18-5-3-4-6-21(18)27-2/h3-8,13,17,23H,9-12,14-15H2,1-2H3. The van der Waals surface area contributed by atoms with Crippen LogP contribution >= 0.6 is 11.8 Å². The predicted molar refractivity (Wildman–Crippen MR) is 113 cm³/mol. The molecule has 4 nitrogen and oxygen atoms in total. The largest absolute Gasteiger partial charge is 0.299 e. The molecule has 1 heterocycles. The highest BCUT2D eigenvalue weighted by Crippen LogP contribution is 2.24. The number of rotatable bonds is 7. The van der Waals surface area contributed by atoms with Crippen LogP contribution < -0.4 is 4.72 Å². The molecule has 2 aromatic carbocycles. The highest BCUT2D eigenvalue weighted by atomic mass is 32.2. The smallest absolute Gasteiger partial charge is 0.240 e. The molecule has 0 aliphatic carbocycles. The van der Waals surface area contributed by atoms with E-state index in [1.165, 1.54) is 28.7 Å². The quantitative estimate of drug-likeness (QED) is 0.684. The summed E-state index contributed by atoms with van der Waals surface area (Å²) in [4.78, 5) is 3.87. The third-order valence-electron chi connectivity index (χ3n) is 5.30. The van der Waals surface area contributed by atoms with Crippen molar-refractivity contribution in [3.05, 3.63) is 59.4 Å². The predicted octanol–water partition coefficient (Wildman–Crippen LogP) is 4.05. The van der Waals surface area contributed by atoms with Crippen LogP contribution in [-0.2, 0) is 16.6 Å². The first-order valence-corrected chi connectivity index (χ1v) is 12.2. The Morgan fingerprint density at radius 2 is 1.89 bits per heavy atom. The van der Waals surface area contributed by atoms with E-state index in [0.717, 1.165) is 32.5 Å². The molecule has 28 heavy (non-hydrogen) atoms. The fraction of sp³-hybridized carbons (Fsp3) is 0.429. The van der Waals surface area contributed by atoms with Gasteiger partial charge in [-0.05, 0) is 80.4 Å². The van der Waals surface area contributed by atoms with E-state index >= 15 is 0 Å². The van der Waals surface area contributed by atoms with Gasteiger partial charge in [0.2, 0.25) is 10.0 Å². The van der Waals surface area contributed by atoms with Crippen LogP contribution in [0.15, 0.2) is 52.3 Å². The maximum absolute atomic E-state index is 13.4. The minimum Gasteiger partial charge on any atom is -0.299 e. The molecule has 1 aliphatic rings. The van der Waals surface area contributed by atoms with Crippen molar-refractivity contribution in [2.24, 2.45) is 5.92 Å². The fourth-order valence-corrected chi connectivity index (χ4v) is 5.33. The van der Waals surface area contributed by atoms with Gasteiger partial charge in [0.15, 0.2) is 0 Å². The number of nitrogens with zero attached hydrogens (tertiary/aromatic N) is 1. The summed E-state index contributed by atoms with van der Waals surface area (Å²) in [6.45, 7) is 4.85. The molecule has 3 rings (SSSR count). The molecule has 0 saturated carbocycles. The number of benzene rings is 2. The number of aryl methyl sites for hydroxylation is 1.